The van der Waals surface area contributed by atoms with Crippen LogP contribution in [0, 0.1) is 5.82 Å². The van der Waals surface area contributed by atoms with E-state index in [1.807, 2.05) is 0 Å². The average molecular weight is 437 g/mol. The molecular weight excluding hydrogens is 422 g/mol. The molecule has 1 atom stereocenters. The molecule has 0 saturated heterocycles. The second-order valence-electron chi connectivity index (χ2n) is 6.19. The summed E-state index contributed by atoms with van der Waals surface area (Å²) in [7, 11) is 1.38. The molecule has 0 radical (unpaired) electrons. The molecule has 162 valence electrons. The van der Waals surface area contributed by atoms with Gasteiger partial charge in [-0.3, -0.25) is 9.59 Å². The quantitative estimate of drug-likeness (QED) is 0.577. The van der Waals surface area contributed by atoms with Gasteiger partial charge in [-0.05, 0) is 29.8 Å². The Morgan fingerprint density at radius 2 is 1.94 bits per heavy atom. The van der Waals surface area contributed by atoms with E-state index in [4.69, 9.17) is 4.74 Å². The minimum atomic E-state index is -5.06. The number of methoxy groups -OCH3 is 1. The van der Waals surface area contributed by atoms with Crippen molar-refractivity contribution in [2.24, 2.45) is 0 Å². The number of hydrogen-bond acceptors (Lipinski definition) is 5. The molecule has 0 aliphatic heterocycles. The molecule has 0 aliphatic carbocycles. The topological polar surface area (TPSA) is 93.3 Å². The van der Waals surface area contributed by atoms with Crippen LogP contribution in [0.15, 0.2) is 59.5 Å². The van der Waals surface area contributed by atoms with Crippen molar-refractivity contribution < 1.29 is 31.8 Å². The fourth-order valence-electron chi connectivity index (χ4n) is 2.70. The predicted octanol–water partition coefficient (Wildman–Crippen LogP) is 3.34. The van der Waals surface area contributed by atoms with Crippen molar-refractivity contribution in [1.29, 1.82) is 0 Å². The van der Waals surface area contributed by atoms with Gasteiger partial charge in [-0.25, -0.2) is 9.37 Å². The first-order chi connectivity index (χ1) is 14.7. The summed E-state index contributed by atoms with van der Waals surface area (Å²) in [5.74, 6) is -2.72. The second-order valence-corrected chi connectivity index (χ2v) is 6.19. The molecule has 3 rings (SSSR count). The number of halogens is 4. The summed E-state index contributed by atoms with van der Waals surface area (Å²) in [4.78, 5) is 30.4. The number of nitrogens with one attached hydrogen (secondary N) is 2. The maximum absolute atomic E-state index is 14.3. The minimum absolute atomic E-state index is 0.102. The Hall–Kier alpha value is -3.89. The van der Waals surface area contributed by atoms with E-state index >= 15 is 0 Å². The number of hydrogen-bond donors (Lipinski definition) is 2. The number of carbonyl (C=O) groups excluding carboxylic acids is 1. The fourth-order valence-corrected chi connectivity index (χ4v) is 2.70. The smallest absolute Gasteiger partial charge is 0.481 e. The minimum Gasteiger partial charge on any atom is -0.481 e. The molecule has 31 heavy (non-hydrogen) atoms. The van der Waals surface area contributed by atoms with Crippen molar-refractivity contribution in [3.05, 3.63) is 87.7 Å². The van der Waals surface area contributed by atoms with E-state index in [0.29, 0.717) is 0 Å². The maximum atomic E-state index is 14.3. The van der Waals surface area contributed by atoms with Gasteiger partial charge in [0.2, 0.25) is 11.4 Å². The Balaban J connectivity index is 1.99. The Kier molecular flexibility index (Phi) is 6.23. The number of amides is 1. The fraction of sp³-hybridized carbons (Fsp3) is 0.150. The van der Waals surface area contributed by atoms with Crippen LogP contribution in [0.1, 0.15) is 27.7 Å². The predicted molar refractivity (Wildman–Crippen MR) is 100 cm³/mol. The van der Waals surface area contributed by atoms with Crippen LogP contribution in [0.25, 0.3) is 0 Å². The van der Waals surface area contributed by atoms with Gasteiger partial charge >= 0.3 is 6.36 Å². The zero-order valence-corrected chi connectivity index (χ0v) is 15.9. The van der Waals surface area contributed by atoms with Crippen LogP contribution in [-0.2, 0) is 0 Å². The number of ether oxygens (including phenoxy) is 2. The van der Waals surface area contributed by atoms with Crippen molar-refractivity contribution >= 4 is 5.91 Å². The van der Waals surface area contributed by atoms with Crippen molar-refractivity contribution in [1.82, 2.24) is 15.3 Å². The summed E-state index contributed by atoms with van der Waals surface area (Å²) >= 11 is 0. The monoisotopic (exact) mass is 437 g/mol. The van der Waals surface area contributed by atoms with Crippen LogP contribution in [0.3, 0.4) is 0 Å². The number of aromatic nitrogens is 2. The van der Waals surface area contributed by atoms with Gasteiger partial charge in [-0.2, -0.15) is 0 Å². The van der Waals surface area contributed by atoms with E-state index in [1.54, 1.807) is 12.1 Å². The van der Waals surface area contributed by atoms with Crippen LogP contribution >= 0.6 is 0 Å². The number of nitrogens with zero attached hydrogens (tertiary/aromatic N) is 1. The Bertz CT molecular complexity index is 1130. The van der Waals surface area contributed by atoms with Crippen LogP contribution in [-0.4, -0.2) is 29.3 Å². The molecule has 0 fully saturated rings. The van der Waals surface area contributed by atoms with Crippen molar-refractivity contribution in [2.75, 3.05) is 7.11 Å². The molecule has 0 aliphatic rings. The lowest BCUT2D eigenvalue weighted by atomic mass is 10.0. The van der Waals surface area contributed by atoms with Gasteiger partial charge in [0.1, 0.15) is 0 Å². The highest BCUT2D eigenvalue weighted by Gasteiger charge is 2.32. The molecule has 2 heterocycles. The first-order valence-corrected chi connectivity index (χ1v) is 8.72. The highest BCUT2D eigenvalue weighted by Crippen LogP contribution is 2.30. The van der Waals surface area contributed by atoms with Gasteiger partial charge in [-0.15, -0.1) is 13.2 Å². The molecule has 0 spiro atoms. The first kappa shape index (κ1) is 21.8. The summed E-state index contributed by atoms with van der Waals surface area (Å²) in [6, 6.07) is 8.81. The van der Waals surface area contributed by atoms with Crippen molar-refractivity contribution in [3.8, 4) is 11.6 Å². The van der Waals surface area contributed by atoms with Crippen LogP contribution < -0.4 is 20.3 Å². The van der Waals surface area contributed by atoms with E-state index in [2.05, 4.69) is 20.0 Å². The number of H-pyrrole nitrogens is 1. The van der Waals surface area contributed by atoms with Gasteiger partial charge in [0.25, 0.3) is 5.91 Å². The van der Waals surface area contributed by atoms with E-state index in [-0.39, 0.29) is 22.7 Å². The van der Waals surface area contributed by atoms with E-state index in [9.17, 15) is 27.2 Å². The molecule has 2 aromatic heterocycles. The molecule has 7 nitrogen and oxygen atoms in total. The molecule has 0 saturated carbocycles. The molecule has 1 aromatic carbocycles. The Morgan fingerprint density at radius 1 is 1.16 bits per heavy atom. The van der Waals surface area contributed by atoms with Gasteiger partial charge in [0, 0.05) is 18.3 Å². The standard InChI is InChI=1S/C20H15F4N3O4/c1-30-17-4-2-3-14(26-17)18(27-19(29)12-6-8-16(28)25-10-12)11-5-7-15(13(21)9-11)31-20(22,23)24/h2-10,18H,1H3,(H,25,28)(H,27,29). The van der Waals surface area contributed by atoms with Crippen LogP contribution in [0.5, 0.6) is 11.6 Å². The van der Waals surface area contributed by atoms with Crippen molar-refractivity contribution in [2.45, 2.75) is 12.4 Å². The zero-order valence-electron chi connectivity index (χ0n) is 15.9. The third kappa shape index (κ3) is 5.59. The highest BCUT2D eigenvalue weighted by atomic mass is 19.4. The number of aromatic amines is 1. The maximum Gasteiger partial charge on any atom is 0.573 e. The van der Waals surface area contributed by atoms with Gasteiger partial charge in [0.05, 0.1) is 24.4 Å². The third-order valence-corrected chi connectivity index (χ3v) is 4.09. The molecule has 0 bridgehead atoms. The lowest BCUT2D eigenvalue weighted by molar-refractivity contribution is -0.275. The largest absolute Gasteiger partial charge is 0.573 e. The SMILES string of the molecule is COc1cccc(C(NC(=O)c2ccc(=O)[nH]c2)c2ccc(OC(F)(F)F)c(F)c2)n1. The molecular formula is C20H15F4N3O4. The van der Waals surface area contributed by atoms with Crippen LogP contribution in [0.4, 0.5) is 17.6 Å². The summed E-state index contributed by atoms with van der Waals surface area (Å²) in [6.45, 7) is 0. The highest BCUT2D eigenvalue weighted by molar-refractivity contribution is 5.94. The molecule has 3 aromatic rings. The average Bonchev–Trinajstić information content (AvgIpc) is 2.73. The lowest BCUT2D eigenvalue weighted by Crippen LogP contribution is -2.30. The van der Waals surface area contributed by atoms with Gasteiger partial charge in [0.15, 0.2) is 11.6 Å². The summed E-state index contributed by atoms with van der Waals surface area (Å²) in [5.41, 5.74) is 0.0291. The third-order valence-electron chi connectivity index (χ3n) is 4.09. The summed E-state index contributed by atoms with van der Waals surface area (Å²) < 4.78 is 60.2. The number of alkyl halides is 3. The van der Waals surface area contributed by atoms with Crippen molar-refractivity contribution in [3.63, 3.8) is 0 Å². The van der Waals surface area contributed by atoms with Gasteiger partial charge < -0.3 is 19.8 Å². The lowest BCUT2D eigenvalue weighted by Gasteiger charge is -2.20. The van der Waals surface area contributed by atoms with Gasteiger partial charge in [-0.1, -0.05) is 12.1 Å². The normalized spacial score (nSPS) is 12.2. The molecule has 1 amide bonds. The number of rotatable bonds is 6. The van der Waals surface area contributed by atoms with E-state index in [0.717, 1.165) is 18.2 Å². The van der Waals surface area contributed by atoms with E-state index < -0.39 is 35.4 Å². The second kappa shape index (κ2) is 8.86. The molecule has 1 unspecified atom stereocenters. The van der Waals surface area contributed by atoms with Crippen LogP contribution in [0.2, 0.25) is 0 Å². The summed E-state index contributed by atoms with van der Waals surface area (Å²) in [5, 5.41) is 2.62. The number of pyridine rings is 2. The number of benzene rings is 1. The Labute approximate surface area is 172 Å². The summed E-state index contributed by atoms with van der Waals surface area (Å²) in [6.07, 6.45) is -3.87. The zero-order chi connectivity index (χ0) is 22.6. The first-order valence-electron chi connectivity index (χ1n) is 8.72. The molecule has 2 N–H and O–H groups in total. The van der Waals surface area contributed by atoms with E-state index in [1.165, 1.54) is 31.5 Å². The number of carbonyl (C=O) groups is 1. The Morgan fingerprint density at radius 3 is 2.55 bits per heavy atom. The molecule has 11 heteroatoms.